The topological polar surface area (TPSA) is 102 Å². The van der Waals surface area contributed by atoms with Crippen molar-refractivity contribution in [3.05, 3.63) is 17.4 Å². The molecule has 0 aromatic heterocycles. The number of carbonyl (C=O) groups is 1. The number of aliphatic carboxylic acids is 1. The molecule has 106 valence electrons. The Hall–Kier alpha value is -2.02. The number of rotatable bonds is 6. The molecule has 1 rings (SSSR count). The zero-order valence-electron chi connectivity index (χ0n) is 10.6. The van der Waals surface area contributed by atoms with Crippen molar-refractivity contribution in [1.82, 2.24) is 0 Å². The minimum atomic E-state index is -1.04. The number of methoxy groups -OCH3 is 2. The summed E-state index contributed by atoms with van der Waals surface area (Å²) in [7, 11) is 2.64. The Morgan fingerprint density at radius 1 is 1.47 bits per heavy atom. The molecule has 1 aromatic carbocycles. The van der Waals surface area contributed by atoms with Gasteiger partial charge in [-0.2, -0.15) is 0 Å². The maximum atomic E-state index is 13.9. The summed E-state index contributed by atoms with van der Waals surface area (Å²) < 4.78 is 23.9. The van der Waals surface area contributed by atoms with E-state index in [9.17, 15) is 14.3 Å². The van der Waals surface area contributed by atoms with Crippen molar-refractivity contribution >= 4 is 5.97 Å². The molecule has 0 saturated heterocycles. The van der Waals surface area contributed by atoms with Gasteiger partial charge >= 0.3 is 5.97 Å². The fraction of sp³-hybridized carbons (Fsp3) is 0.417. The highest BCUT2D eigenvalue weighted by molar-refractivity contribution is 5.66. The van der Waals surface area contributed by atoms with Crippen LogP contribution in [0.2, 0.25) is 0 Å². The van der Waals surface area contributed by atoms with Crippen LogP contribution in [-0.2, 0) is 4.79 Å². The smallest absolute Gasteiger partial charge is 0.303 e. The fourth-order valence-corrected chi connectivity index (χ4v) is 1.74. The van der Waals surface area contributed by atoms with Crippen molar-refractivity contribution in [2.75, 3.05) is 14.2 Å². The Morgan fingerprint density at radius 2 is 2.11 bits per heavy atom. The SMILES string of the molecule is COc1cc(O)c(F)c(C(N)CCC(=O)O)c1OC. The molecule has 7 heteroatoms. The zero-order chi connectivity index (χ0) is 14.6. The minimum Gasteiger partial charge on any atom is -0.505 e. The molecular formula is C12H16FNO5. The standard InChI is InChI=1S/C12H16FNO5/c1-18-8-5-7(15)11(13)10(12(8)19-2)6(14)3-4-9(16)17/h5-6,15H,3-4,14H2,1-2H3,(H,16,17). The molecule has 0 heterocycles. The van der Waals surface area contributed by atoms with Gasteiger partial charge in [0.05, 0.1) is 19.8 Å². The summed E-state index contributed by atoms with van der Waals surface area (Å²) in [4.78, 5) is 10.5. The predicted octanol–water partition coefficient (Wildman–Crippen LogP) is 1.41. The van der Waals surface area contributed by atoms with Crippen molar-refractivity contribution in [3.8, 4) is 17.2 Å². The van der Waals surface area contributed by atoms with Gasteiger partial charge < -0.3 is 25.4 Å². The second kappa shape index (κ2) is 6.24. The van der Waals surface area contributed by atoms with Crippen LogP contribution in [0.25, 0.3) is 0 Å². The lowest BCUT2D eigenvalue weighted by atomic mass is 10.00. The van der Waals surface area contributed by atoms with Crippen LogP contribution in [0, 0.1) is 5.82 Å². The van der Waals surface area contributed by atoms with E-state index in [0.29, 0.717) is 0 Å². The number of carboxylic acids is 1. The quantitative estimate of drug-likeness (QED) is 0.724. The van der Waals surface area contributed by atoms with E-state index in [1.165, 1.54) is 14.2 Å². The van der Waals surface area contributed by atoms with Crippen molar-refractivity contribution in [3.63, 3.8) is 0 Å². The lowest BCUT2D eigenvalue weighted by Gasteiger charge is -2.19. The van der Waals surface area contributed by atoms with E-state index in [1.807, 2.05) is 0 Å². The Labute approximate surface area is 109 Å². The van der Waals surface area contributed by atoms with E-state index in [2.05, 4.69) is 0 Å². The third-order valence-corrected chi connectivity index (χ3v) is 2.66. The van der Waals surface area contributed by atoms with Gasteiger partial charge in [0, 0.05) is 18.5 Å². The number of aromatic hydroxyl groups is 1. The number of nitrogens with two attached hydrogens (primary N) is 1. The summed E-state index contributed by atoms with van der Waals surface area (Å²) in [5, 5.41) is 18.1. The Morgan fingerprint density at radius 3 is 2.58 bits per heavy atom. The molecular weight excluding hydrogens is 257 g/mol. The number of hydrogen-bond donors (Lipinski definition) is 3. The van der Waals surface area contributed by atoms with E-state index in [1.54, 1.807) is 0 Å². The lowest BCUT2D eigenvalue weighted by Crippen LogP contribution is -2.15. The summed E-state index contributed by atoms with van der Waals surface area (Å²) in [6.07, 6.45) is -0.211. The third kappa shape index (κ3) is 3.25. The number of hydrogen-bond acceptors (Lipinski definition) is 5. The third-order valence-electron chi connectivity index (χ3n) is 2.66. The van der Waals surface area contributed by atoms with Gasteiger partial charge in [-0.15, -0.1) is 0 Å². The van der Waals surface area contributed by atoms with Crippen LogP contribution in [-0.4, -0.2) is 30.4 Å². The molecule has 0 saturated carbocycles. The normalized spacial score (nSPS) is 12.0. The number of phenols is 1. The monoisotopic (exact) mass is 273 g/mol. The number of benzene rings is 1. The number of phenolic OH excluding ortho intramolecular Hbond substituents is 1. The molecule has 4 N–H and O–H groups in total. The van der Waals surface area contributed by atoms with Crippen molar-refractivity contribution in [2.45, 2.75) is 18.9 Å². The van der Waals surface area contributed by atoms with Gasteiger partial charge in [0.1, 0.15) is 0 Å². The summed E-state index contributed by atoms with van der Waals surface area (Å²) in [5.41, 5.74) is 5.67. The molecule has 0 aliphatic rings. The van der Waals surface area contributed by atoms with Gasteiger partial charge in [-0.05, 0) is 6.42 Å². The van der Waals surface area contributed by atoms with Crippen LogP contribution in [0.15, 0.2) is 6.07 Å². The first kappa shape index (κ1) is 15.0. The largest absolute Gasteiger partial charge is 0.505 e. The van der Waals surface area contributed by atoms with Gasteiger partial charge in [-0.1, -0.05) is 0 Å². The van der Waals surface area contributed by atoms with Crippen molar-refractivity contribution < 1.29 is 28.9 Å². The van der Waals surface area contributed by atoms with Gasteiger partial charge in [0.15, 0.2) is 23.1 Å². The highest BCUT2D eigenvalue weighted by atomic mass is 19.1. The summed E-state index contributed by atoms with van der Waals surface area (Å²) >= 11 is 0. The van der Waals surface area contributed by atoms with Crippen molar-refractivity contribution in [2.24, 2.45) is 5.73 Å². The second-order valence-corrected chi connectivity index (χ2v) is 3.90. The van der Waals surface area contributed by atoms with Gasteiger partial charge in [0.25, 0.3) is 0 Å². The van der Waals surface area contributed by atoms with Gasteiger partial charge in [-0.3, -0.25) is 4.79 Å². The Bertz CT molecular complexity index is 478. The maximum Gasteiger partial charge on any atom is 0.303 e. The van der Waals surface area contributed by atoms with E-state index >= 15 is 0 Å². The highest BCUT2D eigenvalue weighted by Crippen LogP contribution is 2.41. The van der Waals surface area contributed by atoms with E-state index < -0.39 is 23.6 Å². The molecule has 6 nitrogen and oxygen atoms in total. The predicted molar refractivity (Wildman–Crippen MR) is 65.0 cm³/mol. The first-order chi connectivity index (χ1) is 8.92. The first-order valence-electron chi connectivity index (χ1n) is 5.53. The summed E-state index contributed by atoms with van der Waals surface area (Å²) in [6, 6.07) is 0.147. The van der Waals surface area contributed by atoms with Crippen LogP contribution >= 0.6 is 0 Å². The van der Waals surface area contributed by atoms with Crippen molar-refractivity contribution in [1.29, 1.82) is 0 Å². The molecule has 19 heavy (non-hydrogen) atoms. The molecule has 0 radical (unpaired) electrons. The van der Waals surface area contributed by atoms with Crippen LogP contribution in [0.5, 0.6) is 17.2 Å². The van der Waals surface area contributed by atoms with E-state index in [0.717, 1.165) is 6.07 Å². The van der Waals surface area contributed by atoms with Gasteiger partial charge in [0.2, 0.25) is 0 Å². The molecule has 0 aliphatic carbocycles. The first-order valence-corrected chi connectivity index (χ1v) is 5.53. The molecule has 1 atom stereocenters. The minimum absolute atomic E-state index is 0.00915. The highest BCUT2D eigenvalue weighted by Gasteiger charge is 2.24. The molecule has 0 fully saturated rings. The molecule has 0 amide bonds. The maximum absolute atomic E-state index is 13.9. The van der Waals surface area contributed by atoms with Crippen LogP contribution in [0.3, 0.4) is 0 Å². The molecule has 1 unspecified atom stereocenters. The molecule has 0 aliphatic heterocycles. The number of ether oxygens (including phenoxy) is 2. The zero-order valence-corrected chi connectivity index (χ0v) is 10.6. The molecule has 0 spiro atoms. The van der Waals surface area contributed by atoms with E-state index in [-0.39, 0.29) is 29.9 Å². The molecule has 0 bridgehead atoms. The number of halogens is 1. The number of carboxylic acid groups (broad SMARTS) is 1. The Kier molecular flexibility index (Phi) is 4.94. The van der Waals surface area contributed by atoms with Crippen LogP contribution in [0.1, 0.15) is 24.4 Å². The van der Waals surface area contributed by atoms with Crippen LogP contribution < -0.4 is 15.2 Å². The average Bonchev–Trinajstić information content (AvgIpc) is 2.38. The summed E-state index contributed by atoms with van der Waals surface area (Å²) in [6.45, 7) is 0. The Balaban J connectivity index is 3.22. The van der Waals surface area contributed by atoms with Crippen LogP contribution in [0.4, 0.5) is 4.39 Å². The lowest BCUT2D eigenvalue weighted by molar-refractivity contribution is -0.137. The summed E-state index contributed by atoms with van der Waals surface area (Å²) in [5.74, 6) is -2.42. The van der Waals surface area contributed by atoms with E-state index in [4.69, 9.17) is 20.3 Å². The fourth-order valence-electron chi connectivity index (χ4n) is 1.74. The second-order valence-electron chi connectivity index (χ2n) is 3.90. The van der Waals surface area contributed by atoms with Gasteiger partial charge in [-0.25, -0.2) is 4.39 Å². The average molecular weight is 273 g/mol. The molecule has 1 aromatic rings.